The molecule has 0 unspecified atom stereocenters. The molecule has 12 aromatic carbocycles. The van der Waals surface area contributed by atoms with Crippen LogP contribution in [0.4, 0.5) is 0 Å². The van der Waals surface area contributed by atoms with Crippen molar-refractivity contribution in [1.29, 1.82) is 0 Å². The van der Waals surface area contributed by atoms with E-state index in [1.54, 1.807) is 0 Å². The van der Waals surface area contributed by atoms with E-state index in [0.29, 0.717) is 23.1 Å². The first-order chi connectivity index (χ1) is 37.1. The highest BCUT2D eigenvalue weighted by atomic mass is 16.3. The van der Waals surface area contributed by atoms with E-state index in [1.165, 1.54) is 37.7 Å². The maximum absolute atomic E-state index is 7.21. The van der Waals surface area contributed by atoms with Gasteiger partial charge in [-0.05, 0) is 105 Å². The Morgan fingerprint density at radius 3 is 1.45 bits per heavy atom. The summed E-state index contributed by atoms with van der Waals surface area (Å²) in [6.07, 6.45) is 0. The van der Waals surface area contributed by atoms with Crippen LogP contribution in [0.1, 0.15) is 0 Å². The molecule has 0 aliphatic heterocycles. The Bertz CT molecular complexity index is 4900. The second-order valence-corrected chi connectivity index (χ2v) is 19.6. The summed E-state index contributed by atoms with van der Waals surface area (Å²) in [5.41, 5.74) is 12.8. The normalized spacial score (nSPS) is 12.0. The van der Waals surface area contributed by atoms with Crippen LogP contribution in [-0.2, 0) is 0 Å². The zero-order chi connectivity index (χ0) is 49.1. The highest BCUT2D eigenvalue weighted by Gasteiger charge is 2.24. The smallest absolute Gasteiger partial charge is 0.167 e. The topological polar surface area (TPSA) is 61.7 Å². The fraction of sp³-hybridized carbons (Fsp3) is 0. The average molecular weight is 956 g/mol. The number of nitrogens with zero attached hydrogens (tertiary/aromatic N) is 5. The molecule has 0 fully saturated rings. The van der Waals surface area contributed by atoms with E-state index in [-0.39, 0.29) is 0 Å². The molecule has 0 amide bonds. The van der Waals surface area contributed by atoms with Gasteiger partial charge in [0.1, 0.15) is 11.2 Å². The van der Waals surface area contributed by atoms with Crippen LogP contribution in [0.2, 0.25) is 0 Å². The van der Waals surface area contributed by atoms with Gasteiger partial charge in [0.05, 0.1) is 27.6 Å². The molecule has 4 aromatic heterocycles. The monoisotopic (exact) mass is 955 g/mol. The minimum absolute atomic E-state index is 0.512. The van der Waals surface area contributed by atoms with Gasteiger partial charge in [-0.2, -0.15) is 0 Å². The second-order valence-electron chi connectivity index (χ2n) is 19.6. The molecule has 0 saturated heterocycles. The minimum atomic E-state index is 0.512. The Labute approximate surface area is 429 Å². The molecule has 6 heteroatoms. The standard InChI is InChI=1S/C69H41N5O/c1-3-15-42(16-4-1)43-27-29-45(30-28-43)67-70-68(50-32-33-55-54-25-13-14-26-61(54)73(62(55)39-50)51-22-5-2-6-23-51)72-69(71-67)60-41-52(40-59-56-34-31-44-17-11-12-24-53(44)65(56)75-66(59)60)74-63-37-48-20-9-7-18-46(48)35-57(63)58-36-47-19-8-10-21-49(47)38-64(58)74/h1-41H. The van der Waals surface area contributed by atoms with E-state index in [9.17, 15) is 0 Å². The molecule has 16 aromatic rings. The Balaban J connectivity index is 1.000. The number of hydrogen-bond donors (Lipinski definition) is 0. The summed E-state index contributed by atoms with van der Waals surface area (Å²) in [5.74, 6) is 1.63. The molecule has 4 heterocycles. The van der Waals surface area contributed by atoms with Crippen LogP contribution in [0.3, 0.4) is 0 Å². The lowest BCUT2D eigenvalue weighted by molar-refractivity contribution is 0.673. The summed E-state index contributed by atoms with van der Waals surface area (Å²) in [5, 5.41) is 13.6. The molecule has 0 atom stereocenters. The van der Waals surface area contributed by atoms with Crippen molar-refractivity contribution in [3.63, 3.8) is 0 Å². The number of para-hydroxylation sites is 2. The van der Waals surface area contributed by atoms with Crippen molar-refractivity contribution < 1.29 is 4.42 Å². The van der Waals surface area contributed by atoms with Crippen molar-refractivity contribution in [2.24, 2.45) is 0 Å². The highest BCUT2D eigenvalue weighted by molar-refractivity contribution is 6.20. The van der Waals surface area contributed by atoms with Crippen molar-refractivity contribution in [2.75, 3.05) is 0 Å². The molecular weight excluding hydrogens is 915 g/mol. The maximum Gasteiger partial charge on any atom is 0.167 e. The van der Waals surface area contributed by atoms with Gasteiger partial charge in [-0.3, -0.25) is 0 Å². The van der Waals surface area contributed by atoms with Crippen molar-refractivity contribution in [3.05, 3.63) is 249 Å². The Morgan fingerprint density at radius 2 is 0.747 bits per heavy atom. The predicted molar refractivity (Wildman–Crippen MR) is 310 cm³/mol. The molecule has 6 nitrogen and oxygen atoms in total. The summed E-state index contributed by atoms with van der Waals surface area (Å²) in [6, 6.07) is 88.8. The van der Waals surface area contributed by atoms with E-state index in [0.717, 1.165) is 93.8 Å². The summed E-state index contributed by atoms with van der Waals surface area (Å²) < 4.78 is 12.0. The number of hydrogen-bond acceptors (Lipinski definition) is 4. The van der Waals surface area contributed by atoms with E-state index in [2.05, 4.69) is 252 Å². The predicted octanol–water partition coefficient (Wildman–Crippen LogP) is 18.1. The largest absolute Gasteiger partial charge is 0.455 e. The Hall–Kier alpha value is -10.2. The number of furan rings is 1. The molecule has 0 N–H and O–H groups in total. The van der Waals surface area contributed by atoms with Gasteiger partial charge in [0, 0.05) is 60.2 Å². The van der Waals surface area contributed by atoms with Crippen LogP contribution >= 0.6 is 0 Å². The van der Waals surface area contributed by atoms with E-state index in [1.807, 2.05) is 6.07 Å². The van der Waals surface area contributed by atoms with Gasteiger partial charge in [0.2, 0.25) is 0 Å². The van der Waals surface area contributed by atoms with Gasteiger partial charge >= 0.3 is 0 Å². The quantitative estimate of drug-likeness (QED) is 0.167. The lowest BCUT2D eigenvalue weighted by Crippen LogP contribution is -2.02. The molecular formula is C69H41N5O. The fourth-order valence-corrected chi connectivity index (χ4v) is 11.7. The van der Waals surface area contributed by atoms with E-state index < -0.39 is 0 Å². The lowest BCUT2D eigenvalue weighted by Gasteiger charge is -2.13. The SMILES string of the molecule is c1ccc(-c2ccc(-c3nc(-c4ccc5c6ccccc6n(-c6ccccc6)c5c4)nc(-c4cc(-n5c6cc7ccccc7cc6c6cc7ccccc7cc65)cc5c4oc4c6ccccc6ccc54)n3)cc2)cc1. The summed E-state index contributed by atoms with van der Waals surface area (Å²) in [7, 11) is 0. The first-order valence-corrected chi connectivity index (χ1v) is 25.4. The summed E-state index contributed by atoms with van der Waals surface area (Å²) in [4.78, 5) is 16.4. The number of rotatable bonds is 6. The minimum Gasteiger partial charge on any atom is -0.455 e. The van der Waals surface area contributed by atoms with Crippen LogP contribution < -0.4 is 0 Å². The third-order valence-electron chi connectivity index (χ3n) is 15.3. The van der Waals surface area contributed by atoms with Crippen LogP contribution in [0.5, 0.6) is 0 Å². The van der Waals surface area contributed by atoms with Gasteiger partial charge in [0.15, 0.2) is 17.5 Å². The van der Waals surface area contributed by atoms with Gasteiger partial charge < -0.3 is 13.6 Å². The molecule has 16 rings (SSSR count). The van der Waals surface area contributed by atoms with Crippen LogP contribution in [0.25, 0.3) is 155 Å². The van der Waals surface area contributed by atoms with E-state index in [4.69, 9.17) is 19.4 Å². The molecule has 75 heavy (non-hydrogen) atoms. The molecule has 0 bridgehead atoms. The van der Waals surface area contributed by atoms with Gasteiger partial charge in [-0.1, -0.05) is 182 Å². The number of aromatic nitrogens is 5. The van der Waals surface area contributed by atoms with Crippen molar-refractivity contribution in [3.8, 4) is 56.7 Å². The van der Waals surface area contributed by atoms with Crippen LogP contribution in [0.15, 0.2) is 253 Å². The van der Waals surface area contributed by atoms with Crippen molar-refractivity contribution >= 4 is 97.9 Å². The lowest BCUT2D eigenvalue weighted by atomic mass is 10.0. The Kier molecular flexibility index (Phi) is 8.94. The number of benzene rings is 12. The third kappa shape index (κ3) is 6.50. The second kappa shape index (κ2) is 16.2. The first-order valence-electron chi connectivity index (χ1n) is 25.4. The maximum atomic E-state index is 7.21. The molecule has 348 valence electrons. The average Bonchev–Trinajstić information content (AvgIpc) is 4.14. The Morgan fingerprint density at radius 1 is 0.253 bits per heavy atom. The molecule has 0 aliphatic rings. The van der Waals surface area contributed by atoms with Crippen LogP contribution in [-0.4, -0.2) is 24.1 Å². The summed E-state index contributed by atoms with van der Waals surface area (Å²) >= 11 is 0. The zero-order valence-corrected chi connectivity index (χ0v) is 40.3. The molecule has 0 radical (unpaired) electrons. The summed E-state index contributed by atoms with van der Waals surface area (Å²) in [6.45, 7) is 0. The molecule has 0 spiro atoms. The van der Waals surface area contributed by atoms with Gasteiger partial charge in [-0.25, -0.2) is 15.0 Å². The number of fused-ring (bicyclic) bond motifs is 13. The zero-order valence-electron chi connectivity index (χ0n) is 40.3. The third-order valence-corrected chi connectivity index (χ3v) is 15.3. The fourth-order valence-electron chi connectivity index (χ4n) is 11.7. The first kappa shape index (κ1) is 41.4. The van der Waals surface area contributed by atoms with Gasteiger partial charge in [-0.15, -0.1) is 0 Å². The van der Waals surface area contributed by atoms with Gasteiger partial charge in [0.25, 0.3) is 0 Å². The van der Waals surface area contributed by atoms with Crippen molar-refractivity contribution in [1.82, 2.24) is 24.1 Å². The van der Waals surface area contributed by atoms with E-state index >= 15 is 0 Å². The van der Waals surface area contributed by atoms with Crippen LogP contribution in [0, 0.1) is 0 Å². The van der Waals surface area contributed by atoms with Crippen molar-refractivity contribution in [2.45, 2.75) is 0 Å². The molecule has 0 saturated carbocycles. The molecule has 0 aliphatic carbocycles. The highest BCUT2D eigenvalue weighted by Crippen LogP contribution is 2.44.